The average molecular weight is 282 g/mol. The summed E-state index contributed by atoms with van der Waals surface area (Å²) in [6, 6.07) is 1.88. The Morgan fingerprint density at radius 2 is 2.14 bits per heavy atom. The molecule has 0 unspecified atom stereocenters. The van der Waals surface area contributed by atoms with E-state index in [1.807, 2.05) is 19.2 Å². The molecule has 0 aliphatic carbocycles. The van der Waals surface area contributed by atoms with Gasteiger partial charge in [0.15, 0.2) is 0 Å². The number of fused-ring (bicyclic) bond motifs is 1. The molecule has 2 heterocycles. The number of hydrogen-bond acceptors (Lipinski definition) is 3. The van der Waals surface area contributed by atoms with Crippen LogP contribution in [0.5, 0.6) is 0 Å². The standard InChI is InChI=1S/C8H8N3S.CH3.Y/c1-5-7-6(3-4-9-5)10-8(11-7)12-2;;/h3-4H,1-2H3;1H3;/q2*-1;. The van der Waals surface area contributed by atoms with Gasteiger partial charge in [-0.1, -0.05) is 0 Å². The smallest absolute Gasteiger partial charge is 0.0407 e. The van der Waals surface area contributed by atoms with Gasteiger partial charge in [-0.05, 0) is 35.4 Å². The second-order valence-corrected chi connectivity index (χ2v) is 3.25. The van der Waals surface area contributed by atoms with Gasteiger partial charge in [-0.2, -0.15) is 0 Å². The zero-order valence-electron chi connectivity index (χ0n) is 8.48. The summed E-state index contributed by atoms with van der Waals surface area (Å²) in [6.07, 6.45) is 3.73. The zero-order valence-corrected chi connectivity index (χ0v) is 12.1. The first-order chi connectivity index (χ1) is 5.81. The maximum Gasteiger partial charge on any atom is 0.0407 e. The monoisotopic (exact) mass is 282 g/mol. The number of thioether (sulfide) groups is 1. The molecule has 3 nitrogen and oxygen atoms in total. The van der Waals surface area contributed by atoms with E-state index in [-0.39, 0.29) is 40.1 Å². The van der Waals surface area contributed by atoms with E-state index in [0.29, 0.717) is 0 Å². The van der Waals surface area contributed by atoms with Crippen LogP contribution < -0.4 is 4.98 Å². The Bertz CT molecular complexity index is 413. The second-order valence-electron chi connectivity index (χ2n) is 2.47. The molecule has 14 heavy (non-hydrogen) atoms. The maximum atomic E-state index is 4.32. The van der Waals surface area contributed by atoms with Crippen molar-refractivity contribution < 1.29 is 32.7 Å². The molecule has 5 heteroatoms. The maximum absolute atomic E-state index is 4.32. The summed E-state index contributed by atoms with van der Waals surface area (Å²) >= 11 is 1.55. The van der Waals surface area contributed by atoms with Crippen LogP contribution in [0.15, 0.2) is 17.4 Å². The van der Waals surface area contributed by atoms with Crippen molar-refractivity contribution in [2.45, 2.75) is 12.1 Å². The molecule has 0 saturated carbocycles. The van der Waals surface area contributed by atoms with Crippen LogP contribution in [0.3, 0.4) is 0 Å². The topological polar surface area (TPSA) is 39.9 Å². The predicted molar refractivity (Wildman–Crippen MR) is 55.8 cm³/mol. The van der Waals surface area contributed by atoms with Gasteiger partial charge >= 0.3 is 0 Å². The molecule has 0 spiro atoms. The fourth-order valence-electron chi connectivity index (χ4n) is 1.09. The summed E-state index contributed by atoms with van der Waals surface area (Å²) in [4.78, 5) is 12.8. The minimum atomic E-state index is 0. The van der Waals surface area contributed by atoms with Crippen LogP contribution in [-0.4, -0.2) is 16.2 Å². The van der Waals surface area contributed by atoms with Crippen molar-refractivity contribution >= 4 is 22.8 Å². The Hall–Kier alpha value is 0.0739. The van der Waals surface area contributed by atoms with E-state index in [1.165, 1.54) is 0 Å². The van der Waals surface area contributed by atoms with Crippen LogP contribution in [0.25, 0.3) is 11.0 Å². The largest absolute Gasteiger partial charge is 0.430 e. The van der Waals surface area contributed by atoms with E-state index >= 15 is 0 Å². The van der Waals surface area contributed by atoms with Gasteiger partial charge in [0.25, 0.3) is 0 Å². The predicted octanol–water partition coefficient (Wildman–Crippen LogP) is 2.07. The van der Waals surface area contributed by atoms with E-state index in [4.69, 9.17) is 0 Å². The third kappa shape index (κ3) is 2.55. The molecule has 2 aromatic heterocycles. The first-order valence-electron chi connectivity index (χ1n) is 3.61. The van der Waals surface area contributed by atoms with Crippen LogP contribution >= 0.6 is 11.8 Å². The van der Waals surface area contributed by atoms with E-state index in [0.717, 1.165) is 21.9 Å². The Balaban J connectivity index is 0.000000845. The van der Waals surface area contributed by atoms with Gasteiger partial charge in [-0.3, -0.25) is 4.98 Å². The average Bonchev–Trinajstić information content (AvgIpc) is 2.49. The molecular weight excluding hydrogens is 271 g/mol. The van der Waals surface area contributed by atoms with Gasteiger partial charge in [-0.15, -0.1) is 11.8 Å². The number of aryl methyl sites for hydroxylation is 1. The van der Waals surface area contributed by atoms with Gasteiger partial charge in [0.1, 0.15) is 0 Å². The number of imidazole rings is 1. The second kappa shape index (κ2) is 5.83. The summed E-state index contributed by atoms with van der Waals surface area (Å²) in [5.74, 6) is 0. The fourth-order valence-corrected chi connectivity index (χ4v) is 1.46. The molecule has 1 radical (unpaired) electrons. The minimum absolute atomic E-state index is 0. The normalized spacial score (nSPS) is 9.29. The summed E-state index contributed by atoms with van der Waals surface area (Å²) in [5, 5.41) is 0.820. The van der Waals surface area contributed by atoms with E-state index < -0.39 is 0 Å². The summed E-state index contributed by atoms with van der Waals surface area (Å²) in [6.45, 7) is 1.95. The molecule has 0 atom stereocenters. The van der Waals surface area contributed by atoms with Crippen molar-refractivity contribution in [3.8, 4) is 0 Å². The summed E-state index contributed by atoms with van der Waals surface area (Å²) in [5.41, 5.74) is 2.80. The van der Waals surface area contributed by atoms with Crippen LogP contribution in [0.1, 0.15) is 5.69 Å². The molecule has 0 bridgehead atoms. The summed E-state index contributed by atoms with van der Waals surface area (Å²) < 4.78 is 0. The van der Waals surface area contributed by atoms with Gasteiger partial charge in [-0.25, -0.2) is 0 Å². The number of rotatable bonds is 1. The molecule has 0 fully saturated rings. The number of pyridine rings is 1. The molecule has 2 rings (SSSR count). The van der Waals surface area contributed by atoms with Gasteiger partial charge in [0, 0.05) is 44.6 Å². The van der Waals surface area contributed by atoms with Crippen molar-refractivity contribution in [3.63, 3.8) is 0 Å². The first-order valence-corrected chi connectivity index (χ1v) is 4.84. The van der Waals surface area contributed by atoms with Gasteiger partial charge in [0.05, 0.1) is 0 Å². The van der Waals surface area contributed by atoms with Gasteiger partial charge in [0.2, 0.25) is 0 Å². The van der Waals surface area contributed by atoms with Crippen molar-refractivity contribution in [1.82, 2.24) is 15.0 Å². The number of aromatic nitrogens is 3. The molecular formula is C9H11N3SY-2. The third-order valence-electron chi connectivity index (χ3n) is 1.69. The Kier molecular flexibility index (Phi) is 5.87. The third-order valence-corrected chi connectivity index (χ3v) is 2.24. The molecule has 0 amide bonds. The van der Waals surface area contributed by atoms with Gasteiger partial charge < -0.3 is 17.4 Å². The molecule has 0 saturated heterocycles. The van der Waals surface area contributed by atoms with E-state index in [9.17, 15) is 0 Å². The van der Waals surface area contributed by atoms with Crippen molar-refractivity contribution in [2.24, 2.45) is 0 Å². The number of hydrogen-bond donors (Lipinski definition) is 0. The quantitative estimate of drug-likeness (QED) is 0.593. The van der Waals surface area contributed by atoms with Crippen LogP contribution in [0, 0.1) is 14.4 Å². The first kappa shape index (κ1) is 14.1. The molecule has 0 aliphatic heterocycles. The van der Waals surface area contributed by atoms with E-state index in [1.54, 1.807) is 18.0 Å². The minimum Gasteiger partial charge on any atom is -0.430 e. The Morgan fingerprint density at radius 3 is 2.71 bits per heavy atom. The van der Waals surface area contributed by atoms with Crippen molar-refractivity contribution in [1.29, 1.82) is 0 Å². The fraction of sp³-hybridized carbons (Fsp3) is 0.222. The summed E-state index contributed by atoms with van der Waals surface area (Å²) in [7, 11) is 0. The van der Waals surface area contributed by atoms with Crippen molar-refractivity contribution in [3.05, 3.63) is 25.4 Å². The van der Waals surface area contributed by atoms with Crippen molar-refractivity contribution in [2.75, 3.05) is 6.26 Å². The molecule has 2 aromatic rings. The van der Waals surface area contributed by atoms with Crippen LogP contribution in [-0.2, 0) is 32.7 Å². The molecule has 0 aliphatic rings. The Morgan fingerprint density at radius 1 is 1.43 bits per heavy atom. The van der Waals surface area contributed by atoms with Crippen LogP contribution in [0.2, 0.25) is 0 Å². The zero-order chi connectivity index (χ0) is 8.55. The number of nitrogens with zero attached hydrogens (tertiary/aromatic N) is 3. The van der Waals surface area contributed by atoms with Crippen LogP contribution in [0.4, 0.5) is 0 Å². The molecule has 73 valence electrons. The van der Waals surface area contributed by atoms with E-state index in [2.05, 4.69) is 15.0 Å². The SMILES string of the molecule is CSc1nc2c(C)nccc2[n-]1.[CH3-].[Y]. The molecule has 0 aromatic carbocycles. The molecule has 0 N–H and O–H groups in total. The Labute approximate surface area is 113 Å².